The molecule has 0 saturated carbocycles. The molecule has 0 amide bonds. The van der Waals surface area contributed by atoms with Crippen molar-refractivity contribution >= 4 is 15.9 Å². The second-order valence-electron chi connectivity index (χ2n) is 4.57. The molecule has 19 heavy (non-hydrogen) atoms. The van der Waals surface area contributed by atoms with E-state index in [1.807, 2.05) is 19.9 Å². The summed E-state index contributed by atoms with van der Waals surface area (Å²) in [6, 6.07) is 5.22. The van der Waals surface area contributed by atoms with Crippen molar-refractivity contribution in [3.63, 3.8) is 0 Å². The predicted octanol–water partition coefficient (Wildman–Crippen LogP) is 2.92. The molecular weight excluding hydrogens is 311 g/mol. The Balaban J connectivity index is 1.98. The highest BCUT2D eigenvalue weighted by Gasteiger charge is 2.14. The molecule has 0 bridgehead atoms. The van der Waals surface area contributed by atoms with Gasteiger partial charge in [-0.2, -0.15) is 5.10 Å². The molecule has 0 saturated heterocycles. The first kappa shape index (κ1) is 14.1. The molecule has 0 spiro atoms. The number of nitrogens with one attached hydrogen (secondary N) is 1. The van der Waals surface area contributed by atoms with E-state index < -0.39 is 0 Å². The van der Waals surface area contributed by atoms with Gasteiger partial charge in [-0.3, -0.25) is 4.68 Å². The number of rotatable bonds is 5. The fourth-order valence-electron chi connectivity index (χ4n) is 2.03. The van der Waals surface area contributed by atoms with Crippen LogP contribution in [0.25, 0.3) is 0 Å². The number of benzene rings is 1. The van der Waals surface area contributed by atoms with Gasteiger partial charge in [0.25, 0.3) is 0 Å². The molecular formula is C13H16BrFN4. The Morgan fingerprint density at radius 1 is 1.42 bits per heavy atom. The summed E-state index contributed by atoms with van der Waals surface area (Å²) in [4.78, 5) is 3.90. The lowest BCUT2D eigenvalue weighted by atomic mass is 10.1. The Morgan fingerprint density at radius 3 is 2.84 bits per heavy atom. The summed E-state index contributed by atoms with van der Waals surface area (Å²) in [5, 5.41) is 7.40. The highest BCUT2D eigenvalue weighted by atomic mass is 79.9. The van der Waals surface area contributed by atoms with Crippen LogP contribution in [0.1, 0.15) is 25.5 Å². The van der Waals surface area contributed by atoms with E-state index in [4.69, 9.17) is 0 Å². The summed E-state index contributed by atoms with van der Waals surface area (Å²) in [6.45, 7) is 4.68. The summed E-state index contributed by atoms with van der Waals surface area (Å²) < 4.78 is 16.3. The van der Waals surface area contributed by atoms with Crippen molar-refractivity contribution in [2.45, 2.75) is 32.5 Å². The van der Waals surface area contributed by atoms with Gasteiger partial charge in [-0.05, 0) is 26.0 Å². The van der Waals surface area contributed by atoms with Gasteiger partial charge in [0.15, 0.2) is 0 Å². The Morgan fingerprint density at radius 2 is 2.21 bits per heavy atom. The minimum Gasteiger partial charge on any atom is -0.306 e. The number of hydrogen-bond acceptors (Lipinski definition) is 3. The quantitative estimate of drug-likeness (QED) is 0.918. The van der Waals surface area contributed by atoms with E-state index in [-0.39, 0.29) is 17.9 Å². The van der Waals surface area contributed by atoms with Crippen molar-refractivity contribution in [2.24, 2.45) is 0 Å². The van der Waals surface area contributed by atoms with Gasteiger partial charge >= 0.3 is 0 Å². The summed E-state index contributed by atoms with van der Waals surface area (Å²) >= 11 is 3.26. The fraction of sp³-hybridized carbons (Fsp3) is 0.385. The first-order chi connectivity index (χ1) is 9.06. The lowest BCUT2D eigenvalue weighted by Gasteiger charge is -2.20. The van der Waals surface area contributed by atoms with Crippen LogP contribution in [0.3, 0.4) is 0 Å². The standard InChI is InChI=1S/C13H16BrFN4/c1-9(6-19-8-16-7-17-19)18-10(2)12-4-3-11(14)5-13(12)15/h3-5,7-10,18H,6H2,1-2H3/t9-,10-/m1/s1. The molecule has 0 aliphatic carbocycles. The van der Waals surface area contributed by atoms with Crippen LogP contribution in [-0.2, 0) is 6.54 Å². The molecule has 0 unspecified atom stereocenters. The van der Waals surface area contributed by atoms with Crippen LogP contribution < -0.4 is 5.32 Å². The maximum Gasteiger partial charge on any atom is 0.137 e. The van der Waals surface area contributed by atoms with Crippen LogP contribution in [0.5, 0.6) is 0 Å². The molecule has 2 aromatic rings. The Hall–Kier alpha value is -1.27. The van der Waals surface area contributed by atoms with E-state index in [2.05, 4.69) is 31.3 Å². The molecule has 1 heterocycles. The first-order valence-electron chi connectivity index (χ1n) is 6.09. The zero-order valence-electron chi connectivity index (χ0n) is 10.8. The van der Waals surface area contributed by atoms with Crippen LogP contribution in [-0.4, -0.2) is 20.8 Å². The molecule has 0 aliphatic rings. The van der Waals surface area contributed by atoms with Crippen molar-refractivity contribution < 1.29 is 4.39 Å². The van der Waals surface area contributed by atoms with E-state index >= 15 is 0 Å². The van der Waals surface area contributed by atoms with Gasteiger partial charge in [0, 0.05) is 22.1 Å². The molecule has 1 aromatic carbocycles. The summed E-state index contributed by atoms with van der Waals surface area (Å²) in [5.41, 5.74) is 0.661. The van der Waals surface area contributed by atoms with Crippen LogP contribution >= 0.6 is 15.9 Å². The maximum absolute atomic E-state index is 13.8. The molecule has 2 atom stereocenters. The molecule has 2 rings (SSSR count). The minimum atomic E-state index is -0.206. The van der Waals surface area contributed by atoms with Gasteiger partial charge in [-0.25, -0.2) is 9.37 Å². The van der Waals surface area contributed by atoms with Gasteiger partial charge in [-0.15, -0.1) is 0 Å². The second-order valence-corrected chi connectivity index (χ2v) is 5.49. The second kappa shape index (κ2) is 6.25. The highest BCUT2D eigenvalue weighted by molar-refractivity contribution is 9.10. The minimum absolute atomic E-state index is 0.0633. The molecule has 0 radical (unpaired) electrons. The number of aromatic nitrogens is 3. The third kappa shape index (κ3) is 3.84. The zero-order chi connectivity index (χ0) is 13.8. The first-order valence-corrected chi connectivity index (χ1v) is 6.89. The topological polar surface area (TPSA) is 42.7 Å². The smallest absolute Gasteiger partial charge is 0.137 e. The average molecular weight is 327 g/mol. The van der Waals surface area contributed by atoms with Gasteiger partial charge in [0.2, 0.25) is 0 Å². The normalized spacial score (nSPS) is 14.3. The Labute approximate surface area is 120 Å². The monoisotopic (exact) mass is 326 g/mol. The highest BCUT2D eigenvalue weighted by Crippen LogP contribution is 2.21. The molecule has 102 valence electrons. The van der Waals surface area contributed by atoms with Crippen molar-refractivity contribution in [2.75, 3.05) is 0 Å². The number of halogens is 2. The molecule has 1 aromatic heterocycles. The van der Waals surface area contributed by atoms with Crippen molar-refractivity contribution in [1.82, 2.24) is 20.1 Å². The van der Waals surface area contributed by atoms with Crippen LogP contribution in [0.2, 0.25) is 0 Å². The Bertz CT molecular complexity index is 529. The number of nitrogens with zero attached hydrogens (tertiary/aromatic N) is 3. The SMILES string of the molecule is C[C@H](Cn1cncn1)N[C@H](C)c1ccc(Br)cc1F. The van der Waals surface area contributed by atoms with Gasteiger partial charge in [-0.1, -0.05) is 22.0 Å². The fourth-order valence-corrected chi connectivity index (χ4v) is 2.36. The van der Waals surface area contributed by atoms with Crippen LogP contribution in [0.15, 0.2) is 35.3 Å². The Kier molecular flexibility index (Phi) is 4.66. The molecule has 0 aliphatic heterocycles. The lowest BCUT2D eigenvalue weighted by molar-refractivity contribution is 0.405. The summed E-state index contributed by atoms with van der Waals surface area (Å²) in [7, 11) is 0. The van der Waals surface area contributed by atoms with E-state index in [1.165, 1.54) is 12.4 Å². The van der Waals surface area contributed by atoms with Gasteiger partial charge in [0.1, 0.15) is 18.5 Å². The van der Waals surface area contributed by atoms with E-state index in [9.17, 15) is 4.39 Å². The van der Waals surface area contributed by atoms with Gasteiger partial charge in [0.05, 0.1) is 6.54 Å². The van der Waals surface area contributed by atoms with Crippen molar-refractivity contribution in [3.8, 4) is 0 Å². The lowest BCUT2D eigenvalue weighted by Crippen LogP contribution is -2.33. The largest absolute Gasteiger partial charge is 0.306 e. The molecule has 6 heteroatoms. The van der Waals surface area contributed by atoms with E-state index in [0.717, 1.165) is 4.47 Å². The number of hydrogen-bond donors (Lipinski definition) is 1. The third-order valence-electron chi connectivity index (χ3n) is 2.89. The van der Waals surface area contributed by atoms with E-state index in [0.29, 0.717) is 12.1 Å². The van der Waals surface area contributed by atoms with Crippen LogP contribution in [0.4, 0.5) is 4.39 Å². The molecule has 4 nitrogen and oxygen atoms in total. The van der Waals surface area contributed by atoms with Crippen molar-refractivity contribution in [1.29, 1.82) is 0 Å². The summed E-state index contributed by atoms with van der Waals surface area (Å²) in [6.07, 6.45) is 3.17. The third-order valence-corrected chi connectivity index (χ3v) is 3.38. The summed E-state index contributed by atoms with van der Waals surface area (Å²) in [5.74, 6) is -0.206. The van der Waals surface area contributed by atoms with Crippen molar-refractivity contribution in [3.05, 3.63) is 46.7 Å². The average Bonchev–Trinajstić information content (AvgIpc) is 2.81. The zero-order valence-corrected chi connectivity index (χ0v) is 12.4. The van der Waals surface area contributed by atoms with Crippen LogP contribution in [0, 0.1) is 5.82 Å². The maximum atomic E-state index is 13.8. The molecule has 0 fully saturated rings. The predicted molar refractivity (Wildman–Crippen MR) is 75.1 cm³/mol. The van der Waals surface area contributed by atoms with E-state index in [1.54, 1.807) is 17.1 Å². The molecule has 1 N–H and O–H groups in total. The van der Waals surface area contributed by atoms with Gasteiger partial charge < -0.3 is 5.32 Å².